The third-order valence-electron chi connectivity index (χ3n) is 3.60. The summed E-state index contributed by atoms with van der Waals surface area (Å²) >= 11 is 0. The number of ether oxygens (including phenoxy) is 2. The fourth-order valence-corrected chi connectivity index (χ4v) is 2.44. The number of carbonyl (C=O) groups excluding carboxylic acids is 2. The van der Waals surface area contributed by atoms with Crippen molar-refractivity contribution in [3.05, 3.63) is 42.6 Å². The van der Waals surface area contributed by atoms with Gasteiger partial charge in [-0.25, -0.2) is 4.98 Å². The van der Waals surface area contributed by atoms with Gasteiger partial charge in [0.05, 0.1) is 24.7 Å². The van der Waals surface area contributed by atoms with Crippen molar-refractivity contribution in [1.29, 1.82) is 0 Å². The smallest absolute Gasteiger partial charge is 0.268 e. The quantitative estimate of drug-likeness (QED) is 0.927. The number of fused-ring (bicyclic) bond motifs is 1. The van der Waals surface area contributed by atoms with Crippen LogP contribution < -0.4 is 19.7 Å². The van der Waals surface area contributed by atoms with Gasteiger partial charge < -0.3 is 14.8 Å². The number of benzene rings is 1. The largest absolute Gasteiger partial charge is 0.481 e. The van der Waals surface area contributed by atoms with E-state index >= 15 is 0 Å². The minimum atomic E-state index is -0.629. The van der Waals surface area contributed by atoms with Crippen LogP contribution in [0.4, 0.5) is 11.4 Å². The molecule has 1 aliphatic heterocycles. The van der Waals surface area contributed by atoms with E-state index in [9.17, 15) is 9.59 Å². The fraction of sp³-hybridized carbons (Fsp3) is 0.235. The Morgan fingerprint density at radius 1 is 1.33 bits per heavy atom. The molecule has 1 aromatic carbocycles. The average Bonchev–Trinajstić information content (AvgIpc) is 2.59. The van der Waals surface area contributed by atoms with Crippen LogP contribution in [-0.4, -0.2) is 36.6 Å². The predicted molar refractivity (Wildman–Crippen MR) is 88.3 cm³/mol. The van der Waals surface area contributed by atoms with Crippen molar-refractivity contribution in [1.82, 2.24) is 4.98 Å². The molecule has 0 saturated carbocycles. The highest BCUT2D eigenvalue weighted by molar-refractivity contribution is 6.06. The number of methoxy groups -OCH3 is 1. The van der Waals surface area contributed by atoms with Crippen LogP contribution in [0.1, 0.15) is 6.92 Å². The molecule has 124 valence electrons. The summed E-state index contributed by atoms with van der Waals surface area (Å²) in [7, 11) is 1.52. The normalized spacial score (nSPS) is 16.2. The van der Waals surface area contributed by atoms with Gasteiger partial charge in [0.2, 0.25) is 11.8 Å². The van der Waals surface area contributed by atoms with Crippen molar-refractivity contribution in [2.45, 2.75) is 13.0 Å². The molecule has 1 atom stereocenters. The van der Waals surface area contributed by atoms with E-state index in [4.69, 9.17) is 9.47 Å². The molecule has 1 aromatic heterocycles. The lowest BCUT2D eigenvalue weighted by Crippen LogP contribution is -2.47. The van der Waals surface area contributed by atoms with Crippen LogP contribution >= 0.6 is 0 Å². The molecule has 7 heteroatoms. The number of para-hydroxylation sites is 2. The maximum absolute atomic E-state index is 12.4. The first-order valence-corrected chi connectivity index (χ1v) is 7.45. The number of rotatable bonds is 4. The minimum absolute atomic E-state index is 0.102. The highest BCUT2D eigenvalue weighted by Gasteiger charge is 2.32. The Bertz CT molecular complexity index is 761. The zero-order chi connectivity index (χ0) is 17.1. The summed E-state index contributed by atoms with van der Waals surface area (Å²) in [6.07, 6.45) is 0.865. The summed E-state index contributed by atoms with van der Waals surface area (Å²) in [5.74, 6) is 0.471. The van der Waals surface area contributed by atoms with E-state index in [1.54, 1.807) is 37.3 Å². The van der Waals surface area contributed by atoms with Crippen LogP contribution in [0, 0.1) is 0 Å². The van der Waals surface area contributed by atoms with Gasteiger partial charge in [-0.15, -0.1) is 0 Å². The molecule has 0 radical (unpaired) electrons. The average molecular weight is 327 g/mol. The number of hydrogen-bond acceptors (Lipinski definition) is 5. The molecule has 1 N–H and O–H groups in total. The molecule has 0 spiro atoms. The SMILES string of the molecule is COc1ccc(NC(=O)CN2C(=O)[C@H](C)Oc3ccccc32)cn1. The van der Waals surface area contributed by atoms with Crippen LogP contribution in [0.3, 0.4) is 0 Å². The second kappa shape index (κ2) is 6.57. The standard InChI is InChI=1S/C17H17N3O4/c1-11-17(22)20(13-5-3-4-6-14(13)24-11)10-15(21)19-12-7-8-16(23-2)18-9-12/h3-9,11H,10H2,1-2H3,(H,19,21)/t11-/m0/s1. The van der Waals surface area contributed by atoms with Gasteiger partial charge in [0.15, 0.2) is 6.10 Å². The highest BCUT2D eigenvalue weighted by atomic mass is 16.5. The molecule has 2 amide bonds. The number of anilines is 2. The zero-order valence-electron chi connectivity index (χ0n) is 13.4. The fourth-order valence-electron chi connectivity index (χ4n) is 2.44. The number of hydrogen-bond donors (Lipinski definition) is 1. The van der Waals surface area contributed by atoms with Gasteiger partial charge >= 0.3 is 0 Å². The third kappa shape index (κ3) is 3.15. The third-order valence-corrected chi connectivity index (χ3v) is 3.60. The van der Waals surface area contributed by atoms with E-state index in [2.05, 4.69) is 10.3 Å². The van der Waals surface area contributed by atoms with Crippen molar-refractivity contribution in [2.75, 3.05) is 23.9 Å². The summed E-state index contributed by atoms with van der Waals surface area (Å²) < 4.78 is 10.5. The number of carbonyl (C=O) groups is 2. The molecule has 0 saturated heterocycles. The monoisotopic (exact) mass is 327 g/mol. The van der Waals surface area contributed by atoms with E-state index in [-0.39, 0.29) is 18.4 Å². The van der Waals surface area contributed by atoms with E-state index < -0.39 is 6.10 Å². The summed E-state index contributed by atoms with van der Waals surface area (Å²) in [5.41, 5.74) is 1.12. The number of pyridine rings is 1. The van der Waals surface area contributed by atoms with Crippen LogP contribution in [0.15, 0.2) is 42.6 Å². The summed E-state index contributed by atoms with van der Waals surface area (Å²) in [6, 6.07) is 10.5. The van der Waals surface area contributed by atoms with E-state index in [1.165, 1.54) is 18.2 Å². The molecule has 0 bridgehead atoms. The molecule has 0 unspecified atom stereocenters. The Kier molecular flexibility index (Phi) is 4.33. The van der Waals surface area contributed by atoms with Crippen LogP contribution in [0.25, 0.3) is 0 Å². The minimum Gasteiger partial charge on any atom is -0.481 e. The summed E-state index contributed by atoms with van der Waals surface area (Å²) in [4.78, 5) is 30.1. The maximum atomic E-state index is 12.4. The highest BCUT2D eigenvalue weighted by Crippen LogP contribution is 2.33. The van der Waals surface area contributed by atoms with E-state index in [0.29, 0.717) is 23.0 Å². The molecular formula is C17H17N3O4. The Morgan fingerprint density at radius 3 is 2.83 bits per heavy atom. The zero-order valence-corrected chi connectivity index (χ0v) is 13.4. The predicted octanol–water partition coefficient (Wildman–Crippen LogP) is 1.84. The van der Waals surface area contributed by atoms with Gasteiger partial charge in [-0.3, -0.25) is 14.5 Å². The Morgan fingerprint density at radius 2 is 2.12 bits per heavy atom. The maximum Gasteiger partial charge on any atom is 0.268 e. The van der Waals surface area contributed by atoms with Crippen molar-refractivity contribution in [3.63, 3.8) is 0 Å². The number of aromatic nitrogens is 1. The van der Waals surface area contributed by atoms with Crippen molar-refractivity contribution < 1.29 is 19.1 Å². The second-order valence-electron chi connectivity index (χ2n) is 5.29. The van der Waals surface area contributed by atoms with Gasteiger partial charge in [-0.1, -0.05) is 12.1 Å². The Balaban J connectivity index is 1.74. The molecule has 3 rings (SSSR count). The summed E-state index contributed by atoms with van der Waals surface area (Å²) in [6.45, 7) is 1.56. The van der Waals surface area contributed by atoms with Gasteiger partial charge in [0.1, 0.15) is 12.3 Å². The molecule has 7 nitrogen and oxygen atoms in total. The van der Waals surface area contributed by atoms with Gasteiger partial charge in [-0.2, -0.15) is 0 Å². The van der Waals surface area contributed by atoms with E-state index in [1.807, 2.05) is 6.07 Å². The number of amides is 2. The molecule has 0 fully saturated rings. The van der Waals surface area contributed by atoms with Crippen molar-refractivity contribution in [2.24, 2.45) is 0 Å². The van der Waals surface area contributed by atoms with Crippen LogP contribution in [-0.2, 0) is 9.59 Å². The van der Waals surface area contributed by atoms with Crippen LogP contribution in [0.5, 0.6) is 11.6 Å². The first kappa shape index (κ1) is 15.8. The first-order valence-electron chi connectivity index (χ1n) is 7.45. The lowest BCUT2D eigenvalue weighted by Gasteiger charge is -2.32. The topological polar surface area (TPSA) is 80.8 Å². The van der Waals surface area contributed by atoms with Crippen molar-refractivity contribution >= 4 is 23.2 Å². The van der Waals surface area contributed by atoms with Crippen LogP contribution in [0.2, 0.25) is 0 Å². The Hall–Kier alpha value is -3.09. The Labute approximate surface area is 139 Å². The number of nitrogens with one attached hydrogen (secondary N) is 1. The lowest BCUT2D eigenvalue weighted by molar-refractivity contribution is -0.127. The number of nitrogens with zero attached hydrogens (tertiary/aromatic N) is 2. The molecule has 0 aliphatic carbocycles. The molecule has 1 aliphatic rings. The van der Waals surface area contributed by atoms with Crippen molar-refractivity contribution in [3.8, 4) is 11.6 Å². The summed E-state index contributed by atoms with van der Waals surface area (Å²) in [5, 5.41) is 2.72. The first-order chi connectivity index (χ1) is 11.6. The van der Waals surface area contributed by atoms with Gasteiger partial charge in [-0.05, 0) is 25.1 Å². The van der Waals surface area contributed by atoms with E-state index in [0.717, 1.165) is 0 Å². The second-order valence-corrected chi connectivity index (χ2v) is 5.29. The van der Waals surface area contributed by atoms with Gasteiger partial charge in [0.25, 0.3) is 5.91 Å². The van der Waals surface area contributed by atoms with Gasteiger partial charge in [0, 0.05) is 6.07 Å². The molecule has 2 heterocycles. The molecule has 2 aromatic rings. The molecule has 24 heavy (non-hydrogen) atoms. The molecular weight excluding hydrogens is 310 g/mol. The lowest BCUT2D eigenvalue weighted by atomic mass is 10.2.